The highest BCUT2D eigenvalue weighted by molar-refractivity contribution is 5.93. The summed E-state index contributed by atoms with van der Waals surface area (Å²) in [6.07, 6.45) is 5.53. The lowest BCUT2D eigenvalue weighted by atomic mass is 10.2. The van der Waals surface area contributed by atoms with E-state index in [-0.39, 0.29) is 0 Å². The van der Waals surface area contributed by atoms with Crippen LogP contribution in [0.4, 0.5) is 0 Å². The van der Waals surface area contributed by atoms with Crippen molar-refractivity contribution in [3.8, 4) is 5.75 Å². The van der Waals surface area contributed by atoms with Crippen LogP contribution in [0.3, 0.4) is 0 Å². The van der Waals surface area contributed by atoms with Crippen molar-refractivity contribution < 1.29 is 14.3 Å². The second-order valence-corrected chi connectivity index (χ2v) is 4.55. The van der Waals surface area contributed by atoms with Gasteiger partial charge in [-0.2, -0.15) is 0 Å². The first-order valence-electron chi connectivity index (χ1n) is 8.35. The lowest BCUT2D eigenvalue weighted by Crippen LogP contribution is -2.04. The van der Waals surface area contributed by atoms with Gasteiger partial charge in [0.05, 0.1) is 12.3 Å². The van der Waals surface area contributed by atoms with Gasteiger partial charge in [-0.3, -0.25) is 0 Å². The lowest BCUT2D eigenvalue weighted by molar-refractivity contribution is 0.116. The normalized spacial score (nSPS) is 10.5. The average Bonchev–Trinajstić information content (AvgIpc) is 2.62. The fourth-order valence-corrected chi connectivity index (χ4v) is 1.78. The molecular formula is C19H31NO3. The molecule has 0 unspecified atom stereocenters. The van der Waals surface area contributed by atoms with Crippen LogP contribution in [0.2, 0.25) is 0 Å². The highest BCUT2D eigenvalue weighted by Crippen LogP contribution is 2.08. The van der Waals surface area contributed by atoms with Crippen molar-refractivity contribution in [2.45, 2.75) is 39.5 Å². The fraction of sp³-hybridized carbons (Fsp3) is 0.526. The number of hydrogen-bond donors (Lipinski definition) is 0. The summed E-state index contributed by atoms with van der Waals surface area (Å²) in [6.45, 7) is 9.88. The maximum Gasteiger partial charge on any atom is 0.119 e. The van der Waals surface area contributed by atoms with E-state index in [0.717, 1.165) is 50.4 Å². The Balaban J connectivity index is 0.00000232. The summed E-state index contributed by atoms with van der Waals surface area (Å²) < 4.78 is 11.2. The van der Waals surface area contributed by atoms with Gasteiger partial charge in [0, 0.05) is 19.6 Å². The van der Waals surface area contributed by atoms with Gasteiger partial charge in [-0.1, -0.05) is 43.8 Å². The molecule has 0 aliphatic carbocycles. The summed E-state index contributed by atoms with van der Waals surface area (Å²) in [5.41, 5.74) is 0.883. The van der Waals surface area contributed by atoms with Crippen LogP contribution in [0.15, 0.2) is 48.1 Å². The molecule has 1 aromatic carbocycles. The molecule has 0 amide bonds. The molecule has 0 radical (unpaired) electrons. The molecular weight excluding hydrogens is 290 g/mol. The smallest absolute Gasteiger partial charge is 0.119 e. The van der Waals surface area contributed by atoms with Gasteiger partial charge < -0.3 is 14.3 Å². The zero-order valence-electron chi connectivity index (χ0n) is 14.8. The van der Waals surface area contributed by atoms with Crippen molar-refractivity contribution in [3.63, 3.8) is 0 Å². The first kappa shape index (κ1) is 21.2. The molecule has 0 spiro atoms. The van der Waals surface area contributed by atoms with E-state index < -0.39 is 0 Å². The van der Waals surface area contributed by atoms with Crippen LogP contribution in [0.5, 0.6) is 5.75 Å². The number of para-hydroxylation sites is 1. The van der Waals surface area contributed by atoms with Gasteiger partial charge in [-0.05, 0) is 37.5 Å². The number of unbranched alkanes of at least 4 members (excludes halogenated alkanes) is 1. The Hall–Kier alpha value is -1.81. The van der Waals surface area contributed by atoms with E-state index in [2.05, 4.69) is 11.7 Å². The maximum absolute atomic E-state index is 5.59. The van der Waals surface area contributed by atoms with E-state index in [1.807, 2.05) is 44.2 Å². The highest BCUT2D eigenvalue weighted by Gasteiger charge is 1.96. The van der Waals surface area contributed by atoms with E-state index >= 15 is 0 Å². The molecule has 0 saturated carbocycles. The van der Waals surface area contributed by atoms with Gasteiger partial charge in [-0.15, -0.1) is 0 Å². The number of allylic oxidation sites excluding steroid dienone is 1. The monoisotopic (exact) mass is 321 g/mol. The summed E-state index contributed by atoms with van der Waals surface area (Å²) in [7, 11) is 1.55. The first-order valence-corrected chi connectivity index (χ1v) is 8.35. The standard InChI is InChI=1S/C17H25NO3.C2H6/c1-3-16(18-19-2)10-7-8-13-20-14-9-15-21-17-11-5-4-6-12-17;1-2/h3-6,11-12H,1,7-10,13-15H2,2H3;1-2H3/b18-16+;. The van der Waals surface area contributed by atoms with Crippen LogP contribution in [0.1, 0.15) is 39.5 Å². The van der Waals surface area contributed by atoms with Crippen LogP contribution < -0.4 is 4.74 Å². The van der Waals surface area contributed by atoms with E-state index in [1.54, 1.807) is 13.2 Å². The molecule has 4 nitrogen and oxygen atoms in total. The minimum absolute atomic E-state index is 0.686. The third-order valence-corrected chi connectivity index (χ3v) is 2.86. The Morgan fingerprint density at radius 2 is 1.74 bits per heavy atom. The number of hydrogen-bond acceptors (Lipinski definition) is 4. The minimum Gasteiger partial charge on any atom is -0.494 e. The zero-order valence-corrected chi connectivity index (χ0v) is 14.8. The van der Waals surface area contributed by atoms with Crippen molar-refractivity contribution >= 4 is 5.71 Å². The van der Waals surface area contributed by atoms with Gasteiger partial charge in [-0.25, -0.2) is 0 Å². The van der Waals surface area contributed by atoms with Gasteiger partial charge in [0.1, 0.15) is 12.9 Å². The number of oxime groups is 1. The van der Waals surface area contributed by atoms with Crippen LogP contribution in [0.25, 0.3) is 0 Å². The highest BCUT2D eigenvalue weighted by atomic mass is 16.6. The molecule has 0 atom stereocenters. The number of nitrogens with zero attached hydrogens (tertiary/aromatic N) is 1. The first-order chi connectivity index (χ1) is 11.4. The number of ether oxygens (including phenoxy) is 2. The summed E-state index contributed by atoms with van der Waals surface area (Å²) in [5, 5.41) is 3.87. The Bertz CT molecular complexity index is 404. The van der Waals surface area contributed by atoms with E-state index in [9.17, 15) is 0 Å². The van der Waals surface area contributed by atoms with Crippen LogP contribution in [0, 0.1) is 0 Å². The van der Waals surface area contributed by atoms with Crippen LogP contribution in [-0.2, 0) is 9.57 Å². The molecule has 130 valence electrons. The van der Waals surface area contributed by atoms with Gasteiger partial charge in [0.15, 0.2) is 0 Å². The molecule has 1 aromatic rings. The van der Waals surface area contributed by atoms with Crippen molar-refractivity contribution in [3.05, 3.63) is 43.0 Å². The van der Waals surface area contributed by atoms with Crippen molar-refractivity contribution in [2.24, 2.45) is 5.16 Å². The van der Waals surface area contributed by atoms with Gasteiger partial charge in [0.2, 0.25) is 0 Å². The molecule has 0 heterocycles. The topological polar surface area (TPSA) is 40.0 Å². The Morgan fingerprint density at radius 1 is 1.04 bits per heavy atom. The van der Waals surface area contributed by atoms with E-state index in [4.69, 9.17) is 14.3 Å². The third-order valence-electron chi connectivity index (χ3n) is 2.86. The molecule has 0 aromatic heterocycles. The van der Waals surface area contributed by atoms with Gasteiger partial charge >= 0.3 is 0 Å². The molecule has 23 heavy (non-hydrogen) atoms. The van der Waals surface area contributed by atoms with Gasteiger partial charge in [0.25, 0.3) is 0 Å². The Labute approximate surface area is 141 Å². The van der Waals surface area contributed by atoms with E-state index in [0.29, 0.717) is 6.61 Å². The molecule has 0 saturated heterocycles. The largest absolute Gasteiger partial charge is 0.494 e. The Morgan fingerprint density at radius 3 is 2.39 bits per heavy atom. The predicted octanol–water partition coefficient (Wildman–Crippen LogP) is 4.86. The molecule has 0 fully saturated rings. The zero-order chi connectivity index (χ0) is 17.2. The molecule has 4 heteroatoms. The van der Waals surface area contributed by atoms with Crippen LogP contribution >= 0.6 is 0 Å². The second kappa shape index (κ2) is 16.6. The molecule has 0 aliphatic rings. The molecule has 0 bridgehead atoms. The summed E-state index contributed by atoms with van der Waals surface area (Å²) >= 11 is 0. The summed E-state index contributed by atoms with van der Waals surface area (Å²) in [6, 6.07) is 9.83. The summed E-state index contributed by atoms with van der Waals surface area (Å²) in [4.78, 5) is 4.73. The molecule has 1 rings (SSSR count). The maximum atomic E-state index is 5.59. The third kappa shape index (κ3) is 12.4. The predicted molar refractivity (Wildman–Crippen MR) is 97.2 cm³/mol. The van der Waals surface area contributed by atoms with Crippen molar-refractivity contribution in [2.75, 3.05) is 26.9 Å². The SMILES string of the molecule is C=C/C(CCCCOCCCOc1ccccc1)=N\OC.CC. The minimum atomic E-state index is 0.686. The average molecular weight is 321 g/mol. The van der Waals surface area contributed by atoms with Crippen molar-refractivity contribution in [1.82, 2.24) is 0 Å². The fourth-order valence-electron chi connectivity index (χ4n) is 1.78. The number of rotatable bonds is 12. The van der Waals surface area contributed by atoms with E-state index in [1.165, 1.54) is 0 Å². The second-order valence-electron chi connectivity index (χ2n) is 4.55. The Kier molecular flexibility index (Phi) is 15.3. The lowest BCUT2D eigenvalue weighted by Gasteiger charge is -2.06. The van der Waals surface area contributed by atoms with Crippen LogP contribution in [-0.4, -0.2) is 32.6 Å². The quantitative estimate of drug-likeness (QED) is 0.314. The summed E-state index contributed by atoms with van der Waals surface area (Å²) in [5.74, 6) is 0.909. The number of benzene rings is 1. The molecule has 0 aliphatic heterocycles. The van der Waals surface area contributed by atoms with Crippen molar-refractivity contribution in [1.29, 1.82) is 0 Å². The molecule has 0 N–H and O–H groups in total.